The number of carbonyl (C=O) groups is 1. The number of hydrogen-bond acceptors (Lipinski definition) is 4. The van der Waals surface area contributed by atoms with E-state index in [0.29, 0.717) is 10.6 Å². The average Bonchev–Trinajstić information content (AvgIpc) is 2.92. The van der Waals surface area contributed by atoms with Crippen LogP contribution in [0.4, 0.5) is 11.4 Å². The smallest absolute Gasteiger partial charge is 0.267 e. The average molecular weight is 353 g/mol. The summed E-state index contributed by atoms with van der Waals surface area (Å²) in [7, 11) is 0. The maximum Gasteiger partial charge on any atom is 0.267 e. The lowest BCUT2D eigenvalue weighted by Crippen LogP contribution is -2.12. The summed E-state index contributed by atoms with van der Waals surface area (Å²) in [5.74, 6) is -0.178. The highest BCUT2D eigenvalue weighted by molar-refractivity contribution is 7.21. The maximum atomic E-state index is 12.7. The molecule has 0 bridgehead atoms. The number of thiophene rings is 1. The van der Waals surface area contributed by atoms with Gasteiger partial charge in [0.25, 0.3) is 5.91 Å². The zero-order chi connectivity index (χ0) is 18.0. The molecule has 0 radical (unpaired) electrons. The Balaban J connectivity index is 1.89. The van der Waals surface area contributed by atoms with Gasteiger partial charge in [0, 0.05) is 16.8 Å². The minimum absolute atomic E-state index is 0.178. The molecule has 2 heterocycles. The summed E-state index contributed by atoms with van der Waals surface area (Å²) < 4.78 is 0. The van der Waals surface area contributed by atoms with Crippen molar-refractivity contribution in [2.24, 2.45) is 0 Å². The van der Waals surface area contributed by atoms with E-state index in [1.54, 1.807) is 0 Å². The predicted molar refractivity (Wildman–Crippen MR) is 107 cm³/mol. The van der Waals surface area contributed by atoms with Gasteiger partial charge >= 0.3 is 0 Å². The molecule has 1 aromatic carbocycles. The van der Waals surface area contributed by atoms with Crippen LogP contribution in [0.3, 0.4) is 0 Å². The van der Waals surface area contributed by atoms with Crippen molar-refractivity contribution in [3.05, 3.63) is 52.0 Å². The van der Waals surface area contributed by atoms with E-state index >= 15 is 0 Å². The van der Waals surface area contributed by atoms with Crippen LogP contribution in [0.25, 0.3) is 10.2 Å². The standard InChI is InChI=1S/C20H23N3OS/c1-4-5-6-14-8-9-15-17(21)18(25-20(15)22-14)19(24)23-16-10-7-12(2)11-13(16)3/h7-11H,4-6,21H2,1-3H3,(H,23,24). The van der Waals surface area contributed by atoms with Gasteiger partial charge in [-0.3, -0.25) is 4.79 Å². The minimum Gasteiger partial charge on any atom is -0.397 e. The fourth-order valence-electron chi connectivity index (χ4n) is 2.83. The Morgan fingerprint density at radius 1 is 1.24 bits per heavy atom. The maximum absolute atomic E-state index is 12.7. The third-order valence-electron chi connectivity index (χ3n) is 4.27. The molecule has 0 aliphatic heterocycles. The van der Waals surface area contributed by atoms with Crippen LogP contribution in [0.15, 0.2) is 30.3 Å². The second kappa shape index (κ2) is 7.23. The van der Waals surface area contributed by atoms with Crippen LogP contribution in [-0.2, 0) is 6.42 Å². The van der Waals surface area contributed by atoms with Gasteiger partial charge in [0.05, 0.1) is 5.69 Å². The van der Waals surface area contributed by atoms with Crippen molar-refractivity contribution in [2.75, 3.05) is 11.1 Å². The quantitative estimate of drug-likeness (QED) is 0.671. The lowest BCUT2D eigenvalue weighted by Gasteiger charge is -2.08. The summed E-state index contributed by atoms with van der Waals surface area (Å²) in [4.78, 5) is 18.7. The molecule has 5 heteroatoms. The van der Waals surface area contributed by atoms with Gasteiger partial charge in [-0.05, 0) is 50.5 Å². The third-order valence-corrected chi connectivity index (χ3v) is 5.39. The van der Waals surface area contributed by atoms with E-state index < -0.39 is 0 Å². The van der Waals surface area contributed by atoms with Crippen molar-refractivity contribution in [3.63, 3.8) is 0 Å². The van der Waals surface area contributed by atoms with Gasteiger partial charge in [-0.15, -0.1) is 11.3 Å². The van der Waals surface area contributed by atoms with Crippen molar-refractivity contribution < 1.29 is 4.79 Å². The number of hydrogen-bond donors (Lipinski definition) is 2. The molecule has 0 aliphatic carbocycles. The normalized spacial score (nSPS) is 11.0. The molecule has 0 atom stereocenters. The molecule has 0 saturated heterocycles. The summed E-state index contributed by atoms with van der Waals surface area (Å²) >= 11 is 1.36. The van der Waals surface area contributed by atoms with Crippen molar-refractivity contribution in [3.8, 4) is 0 Å². The van der Waals surface area contributed by atoms with Gasteiger partial charge in [-0.25, -0.2) is 4.98 Å². The number of nitrogens with two attached hydrogens (primary N) is 1. The largest absolute Gasteiger partial charge is 0.397 e. The zero-order valence-corrected chi connectivity index (χ0v) is 15.7. The number of aromatic nitrogens is 1. The van der Waals surface area contributed by atoms with E-state index in [9.17, 15) is 4.79 Å². The molecule has 0 fully saturated rings. The number of nitrogen functional groups attached to an aromatic ring is 1. The molecule has 3 N–H and O–H groups in total. The van der Waals surface area contributed by atoms with Crippen molar-refractivity contribution >= 4 is 38.8 Å². The number of benzene rings is 1. The Morgan fingerprint density at radius 3 is 2.76 bits per heavy atom. The van der Waals surface area contributed by atoms with E-state index in [1.165, 1.54) is 16.9 Å². The summed E-state index contributed by atoms with van der Waals surface area (Å²) in [5.41, 5.74) is 10.8. The van der Waals surface area contributed by atoms with E-state index in [2.05, 4.69) is 17.2 Å². The van der Waals surface area contributed by atoms with Gasteiger partial charge in [-0.1, -0.05) is 31.0 Å². The third kappa shape index (κ3) is 3.66. The minimum atomic E-state index is -0.178. The highest BCUT2D eigenvalue weighted by Crippen LogP contribution is 2.33. The number of rotatable bonds is 5. The van der Waals surface area contributed by atoms with Crippen LogP contribution in [0.2, 0.25) is 0 Å². The Labute approximate surface area is 152 Å². The number of nitrogens with one attached hydrogen (secondary N) is 1. The second-order valence-corrected chi connectivity index (χ2v) is 7.38. The molecule has 25 heavy (non-hydrogen) atoms. The Hall–Kier alpha value is -2.40. The summed E-state index contributed by atoms with van der Waals surface area (Å²) in [6.45, 7) is 6.18. The topological polar surface area (TPSA) is 68.0 Å². The molecule has 130 valence electrons. The molecule has 0 spiro atoms. The first-order chi connectivity index (χ1) is 12.0. The molecule has 0 saturated carbocycles. The van der Waals surface area contributed by atoms with Crippen LogP contribution in [0, 0.1) is 13.8 Å². The van der Waals surface area contributed by atoms with E-state index in [1.807, 2.05) is 44.2 Å². The SMILES string of the molecule is CCCCc1ccc2c(N)c(C(=O)Nc3ccc(C)cc3C)sc2n1. The van der Waals surface area contributed by atoms with E-state index in [0.717, 1.165) is 46.4 Å². The Bertz CT molecular complexity index is 930. The van der Waals surface area contributed by atoms with Crippen LogP contribution in [0.1, 0.15) is 46.3 Å². The molecule has 3 rings (SSSR count). The number of fused-ring (bicyclic) bond motifs is 1. The molecule has 4 nitrogen and oxygen atoms in total. The number of unbranched alkanes of at least 4 members (excludes halogenated alkanes) is 1. The summed E-state index contributed by atoms with van der Waals surface area (Å²) in [6.07, 6.45) is 3.20. The van der Waals surface area contributed by atoms with Crippen molar-refractivity contribution in [1.29, 1.82) is 0 Å². The number of amides is 1. The molecule has 2 aromatic heterocycles. The Kier molecular flexibility index (Phi) is 5.04. The number of nitrogens with zero attached hydrogens (tertiary/aromatic N) is 1. The van der Waals surface area contributed by atoms with Crippen LogP contribution < -0.4 is 11.1 Å². The van der Waals surface area contributed by atoms with E-state index in [-0.39, 0.29) is 5.91 Å². The van der Waals surface area contributed by atoms with Crippen molar-refractivity contribution in [2.45, 2.75) is 40.0 Å². The van der Waals surface area contributed by atoms with Crippen molar-refractivity contribution in [1.82, 2.24) is 4.98 Å². The molecule has 1 amide bonds. The van der Waals surface area contributed by atoms with Crippen LogP contribution in [-0.4, -0.2) is 10.9 Å². The molecule has 0 unspecified atom stereocenters. The highest BCUT2D eigenvalue weighted by Gasteiger charge is 2.18. The van der Waals surface area contributed by atoms with Crippen LogP contribution >= 0.6 is 11.3 Å². The molecular weight excluding hydrogens is 330 g/mol. The summed E-state index contributed by atoms with van der Waals surface area (Å²) in [6, 6.07) is 9.94. The number of anilines is 2. The number of pyridine rings is 1. The number of carbonyl (C=O) groups excluding carboxylic acids is 1. The Morgan fingerprint density at radius 2 is 2.04 bits per heavy atom. The van der Waals surface area contributed by atoms with Gasteiger partial charge in [0.1, 0.15) is 9.71 Å². The zero-order valence-electron chi connectivity index (χ0n) is 14.8. The molecule has 0 aliphatic rings. The first kappa shape index (κ1) is 17.4. The van der Waals surface area contributed by atoms with Gasteiger partial charge in [0.2, 0.25) is 0 Å². The lowest BCUT2D eigenvalue weighted by molar-refractivity contribution is 0.103. The molecular formula is C20H23N3OS. The predicted octanol–water partition coefficient (Wildman–Crippen LogP) is 5.09. The van der Waals surface area contributed by atoms with Crippen LogP contribution in [0.5, 0.6) is 0 Å². The lowest BCUT2D eigenvalue weighted by atomic mass is 10.1. The van der Waals surface area contributed by atoms with Gasteiger partial charge in [-0.2, -0.15) is 0 Å². The first-order valence-electron chi connectivity index (χ1n) is 8.56. The summed E-state index contributed by atoms with van der Waals surface area (Å²) in [5, 5.41) is 3.83. The monoisotopic (exact) mass is 353 g/mol. The highest BCUT2D eigenvalue weighted by atomic mass is 32.1. The number of aryl methyl sites for hydroxylation is 3. The second-order valence-electron chi connectivity index (χ2n) is 6.38. The van der Waals surface area contributed by atoms with Gasteiger partial charge < -0.3 is 11.1 Å². The fraction of sp³-hybridized carbons (Fsp3) is 0.300. The first-order valence-corrected chi connectivity index (χ1v) is 9.37. The van der Waals surface area contributed by atoms with Gasteiger partial charge in [0.15, 0.2) is 0 Å². The molecule has 3 aromatic rings. The van der Waals surface area contributed by atoms with E-state index in [4.69, 9.17) is 5.73 Å². The fourth-order valence-corrected chi connectivity index (χ4v) is 3.84.